The van der Waals surface area contributed by atoms with Gasteiger partial charge in [-0.15, -0.1) is 0 Å². The van der Waals surface area contributed by atoms with Crippen LogP contribution in [0.1, 0.15) is 22.6 Å². The molecule has 1 aromatic heterocycles. The first-order valence-corrected chi connectivity index (χ1v) is 7.56. The second-order valence-corrected chi connectivity index (χ2v) is 5.77. The predicted molar refractivity (Wildman–Crippen MR) is 92.7 cm³/mol. The van der Waals surface area contributed by atoms with Gasteiger partial charge in [0.2, 0.25) is 5.82 Å². The molecule has 116 valence electrons. The lowest BCUT2D eigenvalue weighted by Crippen LogP contribution is -1.95. The summed E-state index contributed by atoms with van der Waals surface area (Å²) in [5.41, 5.74) is 10.7. The molecule has 5 heteroatoms. The number of halogens is 1. The van der Waals surface area contributed by atoms with Gasteiger partial charge in [-0.05, 0) is 42.7 Å². The minimum atomic E-state index is 0.370. The fourth-order valence-electron chi connectivity index (χ4n) is 2.42. The first kappa shape index (κ1) is 15.3. The van der Waals surface area contributed by atoms with E-state index < -0.39 is 0 Å². The Labute approximate surface area is 139 Å². The van der Waals surface area contributed by atoms with Gasteiger partial charge in [0.25, 0.3) is 5.89 Å². The number of benzene rings is 2. The van der Waals surface area contributed by atoms with Crippen molar-refractivity contribution in [2.24, 2.45) is 5.73 Å². The highest BCUT2D eigenvalue weighted by molar-refractivity contribution is 6.30. The Morgan fingerprint density at radius 3 is 2.39 bits per heavy atom. The molecule has 0 amide bonds. The molecule has 4 nitrogen and oxygen atoms in total. The Hall–Kier alpha value is -2.59. The zero-order valence-electron chi connectivity index (χ0n) is 12.9. The number of aromatic nitrogens is 2. The van der Waals surface area contributed by atoms with Gasteiger partial charge in [0.05, 0.1) is 0 Å². The quantitative estimate of drug-likeness (QED) is 0.772. The average Bonchev–Trinajstić information content (AvgIpc) is 2.96. The summed E-state index contributed by atoms with van der Waals surface area (Å²) in [6, 6.07) is 13.3. The summed E-state index contributed by atoms with van der Waals surface area (Å²) < 4.78 is 5.30. The third-order valence-electron chi connectivity index (χ3n) is 3.60. The van der Waals surface area contributed by atoms with Gasteiger partial charge in [-0.2, -0.15) is 4.98 Å². The maximum absolute atomic E-state index is 6.08. The highest BCUT2D eigenvalue weighted by Crippen LogP contribution is 2.25. The Morgan fingerprint density at radius 1 is 1.09 bits per heavy atom. The van der Waals surface area contributed by atoms with Crippen molar-refractivity contribution in [1.29, 1.82) is 0 Å². The molecule has 0 aliphatic carbocycles. The summed E-state index contributed by atoms with van der Waals surface area (Å²) in [5, 5.41) is 4.73. The van der Waals surface area contributed by atoms with Crippen molar-refractivity contribution >= 4 is 23.4 Å². The first-order valence-electron chi connectivity index (χ1n) is 7.18. The van der Waals surface area contributed by atoms with Gasteiger partial charge in [0.15, 0.2) is 0 Å². The van der Waals surface area contributed by atoms with E-state index in [1.54, 1.807) is 18.2 Å². The second-order valence-electron chi connectivity index (χ2n) is 5.33. The van der Waals surface area contributed by atoms with Crippen molar-refractivity contribution in [3.05, 3.63) is 70.1 Å². The molecular weight excluding hydrogens is 310 g/mol. The van der Waals surface area contributed by atoms with Crippen LogP contribution in [0.3, 0.4) is 0 Å². The Kier molecular flexibility index (Phi) is 4.17. The fraction of sp³-hybridized carbons (Fsp3) is 0.111. The predicted octanol–water partition coefficient (Wildman–Crippen LogP) is 4.46. The van der Waals surface area contributed by atoms with Crippen LogP contribution in [0.25, 0.3) is 23.2 Å². The molecule has 3 aromatic rings. The minimum absolute atomic E-state index is 0.370. The Bertz CT molecular complexity index is 846. The minimum Gasteiger partial charge on any atom is -0.398 e. The molecule has 0 bridgehead atoms. The molecule has 1 heterocycles. The lowest BCUT2D eigenvalue weighted by atomic mass is 10.0. The van der Waals surface area contributed by atoms with Crippen LogP contribution in [0, 0.1) is 13.8 Å². The third-order valence-corrected chi connectivity index (χ3v) is 3.85. The normalized spacial score (nSPS) is 11.7. The van der Waals surface area contributed by atoms with Crippen LogP contribution in [-0.4, -0.2) is 10.1 Å². The third kappa shape index (κ3) is 3.27. The summed E-state index contributed by atoms with van der Waals surface area (Å²) >= 11 is 5.88. The molecular formula is C18H16ClN3O. The van der Waals surface area contributed by atoms with E-state index in [2.05, 4.69) is 10.1 Å². The van der Waals surface area contributed by atoms with E-state index in [1.165, 1.54) is 0 Å². The van der Waals surface area contributed by atoms with Crippen molar-refractivity contribution in [1.82, 2.24) is 10.1 Å². The maximum atomic E-state index is 6.08. The standard InChI is InChI=1S/C18H16ClN3O/c1-11-4-3-5-12(2)17(11)18-21-16(23-22-18)10-15(20)13-6-8-14(19)9-7-13/h3-10H,20H2,1-2H3/b15-10-. The molecule has 0 atom stereocenters. The van der Waals surface area contributed by atoms with E-state index in [9.17, 15) is 0 Å². The number of rotatable bonds is 3. The van der Waals surface area contributed by atoms with E-state index in [-0.39, 0.29) is 0 Å². The van der Waals surface area contributed by atoms with Crippen LogP contribution in [-0.2, 0) is 0 Å². The zero-order chi connectivity index (χ0) is 16.4. The average molecular weight is 326 g/mol. The van der Waals surface area contributed by atoms with Gasteiger partial charge in [0, 0.05) is 22.4 Å². The molecule has 0 saturated carbocycles. The highest BCUT2D eigenvalue weighted by atomic mass is 35.5. The van der Waals surface area contributed by atoms with Gasteiger partial charge in [-0.25, -0.2) is 0 Å². The smallest absolute Gasteiger partial charge is 0.253 e. The summed E-state index contributed by atoms with van der Waals surface area (Å²) in [7, 11) is 0. The first-order chi connectivity index (χ1) is 11.0. The lowest BCUT2D eigenvalue weighted by Gasteiger charge is -2.03. The highest BCUT2D eigenvalue weighted by Gasteiger charge is 2.12. The van der Waals surface area contributed by atoms with Crippen LogP contribution in [0.15, 0.2) is 47.0 Å². The second kappa shape index (κ2) is 6.26. The molecule has 0 aliphatic rings. The fourth-order valence-corrected chi connectivity index (χ4v) is 2.55. The van der Waals surface area contributed by atoms with Crippen molar-refractivity contribution in [2.45, 2.75) is 13.8 Å². The molecule has 0 aliphatic heterocycles. The van der Waals surface area contributed by atoms with E-state index in [4.69, 9.17) is 21.9 Å². The molecule has 2 aromatic carbocycles. The Balaban J connectivity index is 1.93. The lowest BCUT2D eigenvalue weighted by molar-refractivity contribution is 0.411. The largest absolute Gasteiger partial charge is 0.398 e. The van der Waals surface area contributed by atoms with Crippen LogP contribution in [0.2, 0.25) is 5.02 Å². The SMILES string of the molecule is Cc1cccc(C)c1-c1noc(/C=C(\N)c2ccc(Cl)cc2)n1. The van der Waals surface area contributed by atoms with Gasteiger partial charge in [-0.1, -0.05) is 47.1 Å². The number of hydrogen-bond acceptors (Lipinski definition) is 4. The molecule has 0 saturated heterocycles. The van der Waals surface area contributed by atoms with Crippen LogP contribution in [0.4, 0.5) is 0 Å². The van der Waals surface area contributed by atoms with Crippen LogP contribution in [0.5, 0.6) is 0 Å². The van der Waals surface area contributed by atoms with E-state index >= 15 is 0 Å². The summed E-state index contributed by atoms with van der Waals surface area (Å²) in [5.74, 6) is 0.936. The van der Waals surface area contributed by atoms with Gasteiger partial charge < -0.3 is 10.3 Å². The molecule has 0 fully saturated rings. The number of aryl methyl sites for hydroxylation is 2. The van der Waals surface area contributed by atoms with E-state index in [0.29, 0.717) is 22.4 Å². The van der Waals surface area contributed by atoms with Gasteiger partial charge >= 0.3 is 0 Å². The Morgan fingerprint density at radius 2 is 1.74 bits per heavy atom. The molecule has 0 spiro atoms. The maximum Gasteiger partial charge on any atom is 0.253 e. The van der Waals surface area contributed by atoms with Gasteiger partial charge in [0.1, 0.15) is 0 Å². The van der Waals surface area contributed by atoms with Crippen LogP contribution < -0.4 is 5.73 Å². The number of nitrogens with zero attached hydrogens (tertiary/aromatic N) is 2. The zero-order valence-corrected chi connectivity index (χ0v) is 13.6. The van der Waals surface area contributed by atoms with E-state index in [1.807, 2.05) is 44.2 Å². The monoisotopic (exact) mass is 325 g/mol. The molecule has 0 radical (unpaired) electrons. The topological polar surface area (TPSA) is 64.9 Å². The number of hydrogen-bond donors (Lipinski definition) is 1. The number of nitrogens with two attached hydrogens (primary N) is 1. The van der Waals surface area contributed by atoms with Gasteiger partial charge in [-0.3, -0.25) is 0 Å². The summed E-state index contributed by atoms with van der Waals surface area (Å²) in [6.07, 6.45) is 1.66. The van der Waals surface area contributed by atoms with Crippen molar-refractivity contribution in [2.75, 3.05) is 0 Å². The van der Waals surface area contributed by atoms with Crippen LogP contribution >= 0.6 is 11.6 Å². The van der Waals surface area contributed by atoms with E-state index in [0.717, 1.165) is 22.3 Å². The molecule has 23 heavy (non-hydrogen) atoms. The summed E-state index contributed by atoms with van der Waals surface area (Å²) in [4.78, 5) is 4.42. The molecule has 2 N–H and O–H groups in total. The van der Waals surface area contributed by atoms with Crippen molar-refractivity contribution in [3.8, 4) is 11.4 Å². The summed E-state index contributed by atoms with van der Waals surface area (Å²) in [6.45, 7) is 4.05. The van der Waals surface area contributed by atoms with Crippen molar-refractivity contribution in [3.63, 3.8) is 0 Å². The molecule has 3 rings (SSSR count). The molecule has 0 unspecified atom stereocenters. The van der Waals surface area contributed by atoms with Crippen molar-refractivity contribution < 1.29 is 4.52 Å².